The molecule has 0 bridgehead atoms. The van der Waals surface area contributed by atoms with Gasteiger partial charge in [-0.05, 0) is 53.1 Å². The monoisotopic (exact) mass is 360 g/mol. The molecule has 4 heteroatoms. The Morgan fingerprint density at radius 2 is 2.06 bits per heavy atom. The summed E-state index contributed by atoms with van der Waals surface area (Å²) in [5, 5.41) is 0. The third-order valence-corrected chi connectivity index (χ3v) is 3.68. The van der Waals surface area contributed by atoms with E-state index >= 15 is 0 Å². The number of hydrogen-bond acceptors (Lipinski definition) is 2. The highest BCUT2D eigenvalue weighted by Crippen LogP contribution is 2.39. The third-order valence-electron chi connectivity index (χ3n) is 2.63. The molecule has 0 spiro atoms. The lowest BCUT2D eigenvalue weighted by molar-refractivity contribution is -0.0517. The van der Waals surface area contributed by atoms with Gasteiger partial charge in [0.15, 0.2) is 0 Å². The molecule has 1 aliphatic rings. The Labute approximate surface area is 118 Å². The molecule has 2 rings (SSSR count). The zero-order valence-corrected chi connectivity index (χ0v) is 13.0. The molecule has 0 N–H and O–H groups in total. The standard InChI is InChI=1S/C13H14Br2O2/c1-3-8-5-9-6-10(14)7-11(15)12(9)17-13(8)16-4-2/h5-7,13H,3-4H2,1-2H3. The SMILES string of the molecule is CCOC1Oc2c(Br)cc(Br)cc2C=C1CC. The van der Waals surface area contributed by atoms with Gasteiger partial charge in [0.25, 0.3) is 0 Å². The maximum Gasteiger partial charge on any atom is 0.223 e. The van der Waals surface area contributed by atoms with E-state index in [-0.39, 0.29) is 6.29 Å². The van der Waals surface area contributed by atoms with Crippen molar-refractivity contribution < 1.29 is 9.47 Å². The summed E-state index contributed by atoms with van der Waals surface area (Å²) >= 11 is 7.00. The minimum absolute atomic E-state index is 0.255. The van der Waals surface area contributed by atoms with Gasteiger partial charge in [0.2, 0.25) is 6.29 Å². The molecule has 0 aromatic heterocycles. The summed E-state index contributed by atoms with van der Waals surface area (Å²) in [7, 11) is 0. The van der Waals surface area contributed by atoms with Crippen molar-refractivity contribution in [3.05, 3.63) is 32.2 Å². The predicted octanol–water partition coefficient (Wildman–Crippen LogP) is 4.76. The van der Waals surface area contributed by atoms with Crippen molar-refractivity contribution in [1.82, 2.24) is 0 Å². The van der Waals surface area contributed by atoms with Crippen LogP contribution in [0.4, 0.5) is 0 Å². The maximum atomic E-state index is 5.90. The summed E-state index contributed by atoms with van der Waals surface area (Å²) in [4.78, 5) is 0. The second-order valence-corrected chi connectivity index (χ2v) is 5.55. The fraction of sp³-hybridized carbons (Fsp3) is 0.385. The van der Waals surface area contributed by atoms with Gasteiger partial charge in [-0.1, -0.05) is 22.9 Å². The molecule has 0 saturated heterocycles. The lowest BCUT2D eigenvalue weighted by Gasteiger charge is -2.27. The molecule has 2 nitrogen and oxygen atoms in total. The van der Waals surface area contributed by atoms with E-state index in [9.17, 15) is 0 Å². The number of ether oxygens (including phenoxy) is 2. The van der Waals surface area contributed by atoms with Gasteiger partial charge in [-0.25, -0.2) is 0 Å². The van der Waals surface area contributed by atoms with E-state index in [0.717, 1.165) is 26.7 Å². The van der Waals surface area contributed by atoms with Crippen LogP contribution in [0.15, 0.2) is 26.7 Å². The quantitative estimate of drug-likeness (QED) is 0.772. The minimum atomic E-state index is -0.255. The first-order valence-corrected chi connectivity index (χ1v) is 7.22. The molecule has 0 saturated carbocycles. The van der Waals surface area contributed by atoms with Crippen LogP contribution in [0.5, 0.6) is 5.75 Å². The van der Waals surface area contributed by atoms with Crippen molar-refractivity contribution in [2.45, 2.75) is 26.6 Å². The second kappa shape index (κ2) is 5.55. The lowest BCUT2D eigenvalue weighted by atomic mass is 10.0. The number of hydrogen-bond donors (Lipinski definition) is 0. The van der Waals surface area contributed by atoms with Crippen molar-refractivity contribution in [3.8, 4) is 5.75 Å². The van der Waals surface area contributed by atoms with Crippen LogP contribution >= 0.6 is 31.9 Å². The van der Waals surface area contributed by atoms with Gasteiger partial charge < -0.3 is 9.47 Å². The Morgan fingerprint density at radius 1 is 1.29 bits per heavy atom. The Balaban J connectivity index is 2.43. The summed E-state index contributed by atoms with van der Waals surface area (Å²) < 4.78 is 13.5. The van der Waals surface area contributed by atoms with Crippen LogP contribution in [0, 0.1) is 0 Å². The van der Waals surface area contributed by atoms with Crippen LogP contribution in [-0.4, -0.2) is 12.9 Å². The van der Waals surface area contributed by atoms with Gasteiger partial charge in [-0.3, -0.25) is 0 Å². The van der Waals surface area contributed by atoms with Crippen molar-refractivity contribution in [2.75, 3.05) is 6.61 Å². The van der Waals surface area contributed by atoms with Crippen molar-refractivity contribution >= 4 is 37.9 Å². The first-order valence-electron chi connectivity index (χ1n) is 5.63. The molecule has 17 heavy (non-hydrogen) atoms. The summed E-state index contributed by atoms with van der Waals surface area (Å²) in [6.07, 6.45) is 2.82. The highest BCUT2D eigenvalue weighted by Gasteiger charge is 2.23. The van der Waals surface area contributed by atoms with Gasteiger partial charge in [0.1, 0.15) is 5.75 Å². The summed E-state index contributed by atoms with van der Waals surface area (Å²) in [5.74, 6) is 0.851. The average Bonchev–Trinajstić information content (AvgIpc) is 2.29. The molecular formula is C13H14Br2O2. The molecule has 0 amide bonds. The molecule has 92 valence electrons. The zero-order valence-electron chi connectivity index (χ0n) is 9.80. The Hall–Kier alpha value is -0.320. The number of halogens is 2. The molecule has 1 aromatic rings. The van der Waals surface area contributed by atoms with Crippen LogP contribution in [-0.2, 0) is 4.74 Å². The normalized spacial score (nSPS) is 18.4. The Kier molecular flexibility index (Phi) is 4.28. The molecule has 0 aliphatic carbocycles. The zero-order chi connectivity index (χ0) is 12.4. The van der Waals surface area contributed by atoms with E-state index in [1.165, 1.54) is 5.57 Å². The molecule has 1 atom stereocenters. The lowest BCUT2D eigenvalue weighted by Crippen LogP contribution is -2.26. The van der Waals surface area contributed by atoms with Gasteiger partial charge >= 0.3 is 0 Å². The van der Waals surface area contributed by atoms with E-state index in [1.807, 2.05) is 13.0 Å². The highest BCUT2D eigenvalue weighted by molar-refractivity contribution is 9.11. The number of fused-ring (bicyclic) bond motifs is 1. The Bertz CT molecular complexity index is 455. The van der Waals surface area contributed by atoms with Crippen LogP contribution in [0.2, 0.25) is 0 Å². The molecular weight excluding hydrogens is 348 g/mol. The Morgan fingerprint density at radius 3 is 2.71 bits per heavy atom. The minimum Gasteiger partial charge on any atom is -0.459 e. The average molecular weight is 362 g/mol. The smallest absolute Gasteiger partial charge is 0.223 e. The molecule has 1 aliphatic heterocycles. The molecule has 0 radical (unpaired) electrons. The van der Waals surface area contributed by atoms with Crippen LogP contribution < -0.4 is 4.74 Å². The van der Waals surface area contributed by atoms with Gasteiger partial charge in [0.05, 0.1) is 4.47 Å². The third kappa shape index (κ3) is 2.75. The van der Waals surface area contributed by atoms with Gasteiger partial charge in [-0.15, -0.1) is 0 Å². The van der Waals surface area contributed by atoms with Crippen LogP contribution in [0.1, 0.15) is 25.8 Å². The number of benzene rings is 1. The van der Waals surface area contributed by atoms with E-state index in [2.05, 4.69) is 50.9 Å². The van der Waals surface area contributed by atoms with Gasteiger partial charge in [0, 0.05) is 16.6 Å². The number of rotatable bonds is 3. The van der Waals surface area contributed by atoms with Crippen LogP contribution in [0.3, 0.4) is 0 Å². The fourth-order valence-corrected chi connectivity index (χ4v) is 3.18. The van der Waals surface area contributed by atoms with Crippen molar-refractivity contribution in [2.24, 2.45) is 0 Å². The first kappa shape index (κ1) is 13.1. The largest absolute Gasteiger partial charge is 0.459 e. The highest BCUT2D eigenvalue weighted by atomic mass is 79.9. The fourth-order valence-electron chi connectivity index (χ4n) is 1.82. The van der Waals surface area contributed by atoms with E-state index in [4.69, 9.17) is 9.47 Å². The summed E-state index contributed by atoms with van der Waals surface area (Å²) in [6.45, 7) is 4.73. The topological polar surface area (TPSA) is 18.5 Å². The summed E-state index contributed by atoms with van der Waals surface area (Å²) in [6, 6.07) is 4.03. The summed E-state index contributed by atoms with van der Waals surface area (Å²) in [5.41, 5.74) is 2.25. The van der Waals surface area contributed by atoms with Gasteiger partial charge in [-0.2, -0.15) is 0 Å². The first-order chi connectivity index (χ1) is 8.15. The van der Waals surface area contributed by atoms with E-state index in [0.29, 0.717) is 6.61 Å². The van der Waals surface area contributed by atoms with Crippen molar-refractivity contribution in [1.29, 1.82) is 0 Å². The predicted molar refractivity (Wildman–Crippen MR) is 76.2 cm³/mol. The molecule has 1 unspecified atom stereocenters. The van der Waals surface area contributed by atoms with E-state index in [1.54, 1.807) is 0 Å². The second-order valence-electron chi connectivity index (χ2n) is 3.78. The maximum absolute atomic E-state index is 5.90. The van der Waals surface area contributed by atoms with Crippen LogP contribution in [0.25, 0.3) is 6.08 Å². The van der Waals surface area contributed by atoms with E-state index < -0.39 is 0 Å². The molecule has 1 aromatic carbocycles. The van der Waals surface area contributed by atoms with Crippen molar-refractivity contribution in [3.63, 3.8) is 0 Å². The molecule has 1 heterocycles. The molecule has 0 fully saturated rings.